The van der Waals surface area contributed by atoms with Gasteiger partial charge in [0, 0.05) is 51.5 Å². The van der Waals surface area contributed by atoms with Crippen molar-refractivity contribution in [1.29, 1.82) is 0 Å². The summed E-state index contributed by atoms with van der Waals surface area (Å²) in [6, 6.07) is 9.76. The molecule has 2 aliphatic heterocycles. The summed E-state index contributed by atoms with van der Waals surface area (Å²) in [5.41, 5.74) is 7.86. The Kier molecular flexibility index (Phi) is 8.31. The normalized spacial score (nSPS) is 20.2. The average molecular weight is 468 g/mol. The molecule has 2 atom stereocenters. The molecule has 2 aliphatic rings. The number of nitrogens with zero attached hydrogens (tertiary/aromatic N) is 4. The Morgan fingerprint density at radius 3 is 2.68 bits per heavy atom. The lowest BCUT2D eigenvalue weighted by molar-refractivity contribution is 0.157. The number of rotatable bonds is 7. The number of carbonyl (C=O) groups excluding carboxylic acids is 1. The van der Waals surface area contributed by atoms with Gasteiger partial charge >= 0.3 is 11.7 Å². The lowest BCUT2D eigenvalue weighted by atomic mass is 9.89. The van der Waals surface area contributed by atoms with Crippen molar-refractivity contribution < 1.29 is 4.79 Å². The number of piperidine rings is 1. The van der Waals surface area contributed by atoms with Crippen molar-refractivity contribution in [3.05, 3.63) is 52.6 Å². The van der Waals surface area contributed by atoms with Crippen LogP contribution in [0.3, 0.4) is 0 Å². The fourth-order valence-electron chi connectivity index (χ4n) is 4.81. The zero-order valence-corrected chi connectivity index (χ0v) is 20.1. The third kappa shape index (κ3) is 6.22. The number of carbonyl (C=O) groups is 1. The molecule has 4 N–H and O–H groups in total. The highest BCUT2D eigenvalue weighted by molar-refractivity contribution is 5.88. The van der Waals surface area contributed by atoms with Gasteiger partial charge in [-0.1, -0.05) is 19.1 Å². The zero-order valence-electron chi connectivity index (χ0n) is 20.1. The maximum Gasteiger partial charge on any atom is 0.354 e. The highest BCUT2D eigenvalue weighted by atomic mass is 16.2. The smallest absolute Gasteiger partial charge is 0.327 e. The van der Waals surface area contributed by atoms with Gasteiger partial charge in [0.15, 0.2) is 0 Å². The van der Waals surface area contributed by atoms with Crippen LogP contribution in [0.4, 0.5) is 10.6 Å². The van der Waals surface area contributed by atoms with Gasteiger partial charge in [-0.05, 0) is 61.9 Å². The van der Waals surface area contributed by atoms with Crippen molar-refractivity contribution in [3.63, 3.8) is 0 Å². The Hall–Kier alpha value is -2.75. The number of benzene rings is 1. The molecule has 3 heterocycles. The van der Waals surface area contributed by atoms with Crippen LogP contribution in [0.25, 0.3) is 5.69 Å². The van der Waals surface area contributed by atoms with Gasteiger partial charge in [0.05, 0.1) is 5.69 Å². The van der Waals surface area contributed by atoms with Crippen molar-refractivity contribution in [2.75, 3.05) is 51.1 Å². The van der Waals surface area contributed by atoms with Crippen LogP contribution in [0.2, 0.25) is 0 Å². The number of urea groups is 1. The van der Waals surface area contributed by atoms with Crippen LogP contribution >= 0.6 is 0 Å². The summed E-state index contributed by atoms with van der Waals surface area (Å²) >= 11 is 0. The Labute approximate surface area is 201 Å². The number of nitrogens with one attached hydrogen (secondary N) is 2. The molecule has 2 aromatic rings. The van der Waals surface area contributed by atoms with Gasteiger partial charge < -0.3 is 20.9 Å². The summed E-state index contributed by atoms with van der Waals surface area (Å²) in [6.07, 6.45) is 6.12. The van der Waals surface area contributed by atoms with E-state index in [-0.39, 0.29) is 11.8 Å². The molecule has 4 rings (SSSR count). The molecule has 9 heteroatoms. The molecular weight excluding hydrogens is 430 g/mol. The standard InChI is InChI=1S/C25H37N7O2/c1-2-22(26)20-4-3-13-30(18-20)14-9-19-5-7-21(8-6-19)32-15-10-23(29-25(32)34)28-24(33)31-16-11-27-12-17-31/h5-8,10,15,20,22,27H,2-4,9,11-14,16-18,26H2,1H3,(H,28,29,33,34). The first kappa shape index (κ1) is 24.4. The van der Waals surface area contributed by atoms with Crippen molar-refractivity contribution in [2.24, 2.45) is 11.7 Å². The predicted molar refractivity (Wildman–Crippen MR) is 134 cm³/mol. The molecule has 0 aliphatic carbocycles. The van der Waals surface area contributed by atoms with Crippen LogP contribution in [-0.2, 0) is 6.42 Å². The molecule has 184 valence electrons. The molecule has 0 saturated carbocycles. The van der Waals surface area contributed by atoms with Crippen molar-refractivity contribution >= 4 is 11.8 Å². The van der Waals surface area contributed by atoms with Crippen LogP contribution in [0.15, 0.2) is 41.3 Å². The van der Waals surface area contributed by atoms with E-state index in [0.29, 0.717) is 25.0 Å². The monoisotopic (exact) mass is 467 g/mol. The number of hydrogen-bond acceptors (Lipinski definition) is 6. The van der Waals surface area contributed by atoms with Gasteiger partial charge in [-0.25, -0.2) is 9.59 Å². The fourth-order valence-corrected chi connectivity index (χ4v) is 4.81. The second-order valence-corrected chi connectivity index (χ2v) is 9.32. The van der Waals surface area contributed by atoms with Gasteiger partial charge in [-0.2, -0.15) is 4.98 Å². The lowest BCUT2D eigenvalue weighted by Crippen LogP contribution is -2.48. The number of anilines is 1. The van der Waals surface area contributed by atoms with E-state index < -0.39 is 5.69 Å². The Morgan fingerprint density at radius 1 is 1.21 bits per heavy atom. The van der Waals surface area contributed by atoms with Gasteiger partial charge in [-0.3, -0.25) is 9.88 Å². The van der Waals surface area contributed by atoms with Gasteiger partial charge in [0.1, 0.15) is 5.82 Å². The molecule has 1 aromatic carbocycles. The first-order valence-electron chi connectivity index (χ1n) is 12.5. The average Bonchev–Trinajstić information content (AvgIpc) is 2.88. The van der Waals surface area contributed by atoms with Crippen LogP contribution in [-0.4, -0.2) is 77.2 Å². The van der Waals surface area contributed by atoms with E-state index in [1.165, 1.54) is 23.0 Å². The van der Waals surface area contributed by atoms with E-state index in [1.807, 2.05) is 12.1 Å². The molecule has 2 unspecified atom stereocenters. The number of nitrogens with two attached hydrogens (primary N) is 1. The highest BCUT2D eigenvalue weighted by Crippen LogP contribution is 2.20. The molecule has 2 amide bonds. The molecule has 0 spiro atoms. The SMILES string of the molecule is CCC(N)C1CCCN(CCc2ccc(-n3ccc(NC(=O)N4CCNCC4)nc3=O)cc2)C1. The number of amides is 2. The largest absolute Gasteiger partial charge is 0.354 e. The molecular formula is C25H37N7O2. The van der Waals surface area contributed by atoms with Crippen LogP contribution in [0.1, 0.15) is 31.7 Å². The number of aromatic nitrogens is 2. The van der Waals surface area contributed by atoms with Gasteiger partial charge in [0.25, 0.3) is 0 Å². The third-order valence-electron chi connectivity index (χ3n) is 6.99. The van der Waals surface area contributed by atoms with E-state index in [0.717, 1.165) is 51.3 Å². The fraction of sp³-hybridized carbons (Fsp3) is 0.560. The minimum Gasteiger partial charge on any atom is -0.327 e. The first-order chi connectivity index (χ1) is 16.5. The minimum atomic E-state index is -0.419. The van der Waals surface area contributed by atoms with E-state index in [2.05, 4.69) is 39.6 Å². The zero-order chi connectivity index (χ0) is 23.9. The minimum absolute atomic E-state index is 0.229. The van der Waals surface area contributed by atoms with Gasteiger partial charge in [-0.15, -0.1) is 0 Å². The molecule has 9 nitrogen and oxygen atoms in total. The maximum absolute atomic E-state index is 12.6. The number of hydrogen-bond donors (Lipinski definition) is 3. The first-order valence-corrected chi connectivity index (χ1v) is 12.5. The summed E-state index contributed by atoms with van der Waals surface area (Å²) in [6.45, 7) is 8.24. The molecule has 0 radical (unpaired) electrons. The number of piperazine rings is 1. The summed E-state index contributed by atoms with van der Waals surface area (Å²) in [5.74, 6) is 0.870. The Bertz CT molecular complexity index is 1000. The molecule has 0 bridgehead atoms. The Balaban J connectivity index is 1.32. The summed E-state index contributed by atoms with van der Waals surface area (Å²) in [5, 5.41) is 5.93. The summed E-state index contributed by atoms with van der Waals surface area (Å²) < 4.78 is 1.49. The Morgan fingerprint density at radius 2 is 1.97 bits per heavy atom. The van der Waals surface area contributed by atoms with Crippen LogP contribution in [0, 0.1) is 5.92 Å². The third-order valence-corrected chi connectivity index (χ3v) is 6.99. The molecule has 34 heavy (non-hydrogen) atoms. The molecule has 2 saturated heterocycles. The van der Waals surface area contributed by atoms with Crippen LogP contribution < -0.4 is 22.1 Å². The van der Waals surface area contributed by atoms with E-state index in [9.17, 15) is 9.59 Å². The molecule has 2 fully saturated rings. The van der Waals surface area contributed by atoms with Crippen LogP contribution in [0.5, 0.6) is 0 Å². The van der Waals surface area contributed by atoms with E-state index >= 15 is 0 Å². The summed E-state index contributed by atoms with van der Waals surface area (Å²) in [4.78, 5) is 33.2. The second kappa shape index (κ2) is 11.6. The van der Waals surface area contributed by atoms with E-state index in [4.69, 9.17) is 5.73 Å². The van der Waals surface area contributed by atoms with Gasteiger partial charge in [0.2, 0.25) is 0 Å². The highest BCUT2D eigenvalue weighted by Gasteiger charge is 2.23. The van der Waals surface area contributed by atoms with Crippen molar-refractivity contribution in [2.45, 2.75) is 38.6 Å². The quantitative estimate of drug-likeness (QED) is 0.572. The lowest BCUT2D eigenvalue weighted by Gasteiger charge is -2.35. The second-order valence-electron chi connectivity index (χ2n) is 9.32. The topological polar surface area (TPSA) is 109 Å². The predicted octanol–water partition coefficient (Wildman–Crippen LogP) is 1.66. The van der Waals surface area contributed by atoms with E-state index in [1.54, 1.807) is 17.2 Å². The van der Waals surface area contributed by atoms with Crippen molar-refractivity contribution in [1.82, 2.24) is 24.7 Å². The van der Waals surface area contributed by atoms with Crippen molar-refractivity contribution in [3.8, 4) is 5.69 Å². The number of likely N-dealkylation sites (tertiary alicyclic amines) is 1. The summed E-state index contributed by atoms with van der Waals surface area (Å²) in [7, 11) is 0. The molecule has 1 aromatic heterocycles. The maximum atomic E-state index is 12.6.